The molecule has 1 atom stereocenters. The number of nitrogens with one attached hydrogen (secondary N) is 1. The molecule has 2 heterocycles. The van der Waals surface area contributed by atoms with E-state index in [9.17, 15) is 0 Å². The molecule has 1 saturated heterocycles. The smallest absolute Gasteiger partial charge is 0.0347 e. The van der Waals surface area contributed by atoms with E-state index in [1.165, 1.54) is 57.3 Å². The fourth-order valence-electron chi connectivity index (χ4n) is 3.06. The summed E-state index contributed by atoms with van der Waals surface area (Å²) in [7, 11) is 0. The maximum Gasteiger partial charge on any atom is 0.0347 e. The van der Waals surface area contributed by atoms with Crippen molar-refractivity contribution >= 4 is 0 Å². The van der Waals surface area contributed by atoms with Gasteiger partial charge in [-0.25, -0.2) is 0 Å². The summed E-state index contributed by atoms with van der Waals surface area (Å²) in [6.45, 7) is 10.5. The predicted octanol–water partition coefficient (Wildman–Crippen LogP) is 3.42. The lowest BCUT2D eigenvalue weighted by atomic mass is 10.1. The summed E-state index contributed by atoms with van der Waals surface area (Å²) in [5.74, 6) is 0. The van der Waals surface area contributed by atoms with E-state index in [2.05, 4.69) is 47.1 Å². The summed E-state index contributed by atoms with van der Waals surface area (Å²) in [6, 6.07) is 2.83. The molecule has 0 radical (unpaired) electrons. The van der Waals surface area contributed by atoms with Crippen LogP contribution in [0.25, 0.3) is 0 Å². The molecule has 1 fully saturated rings. The molecule has 1 unspecified atom stereocenters. The Morgan fingerprint density at radius 1 is 1.15 bits per heavy atom. The average Bonchev–Trinajstić information content (AvgIpc) is 3.12. The topological polar surface area (TPSA) is 20.2 Å². The number of aromatic nitrogens is 1. The van der Waals surface area contributed by atoms with Crippen molar-refractivity contribution in [1.82, 2.24) is 14.8 Å². The molecule has 1 aromatic heterocycles. The zero-order chi connectivity index (χ0) is 14.2. The van der Waals surface area contributed by atoms with Crippen molar-refractivity contribution in [2.24, 2.45) is 0 Å². The van der Waals surface area contributed by atoms with Gasteiger partial charge in [0.05, 0.1) is 0 Å². The Balaban J connectivity index is 1.84. The van der Waals surface area contributed by atoms with Crippen molar-refractivity contribution < 1.29 is 0 Å². The summed E-state index contributed by atoms with van der Waals surface area (Å²) >= 11 is 0. The van der Waals surface area contributed by atoms with Crippen LogP contribution in [0.5, 0.6) is 0 Å². The van der Waals surface area contributed by atoms with Crippen LogP contribution in [-0.4, -0.2) is 35.6 Å². The molecule has 1 N–H and O–H groups in total. The number of nitrogens with zero attached hydrogens (tertiary/aromatic N) is 2. The Bertz CT molecular complexity index is 366. The van der Waals surface area contributed by atoms with E-state index in [0.717, 1.165) is 13.1 Å². The summed E-state index contributed by atoms with van der Waals surface area (Å²) < 4.78 is 2.37. The largest absolute Gasteiger partial charge is 0.353 e. The van der Waals surface area contributed by atoms with Crippen LogP contribution in [0.4, 0.5) is 0 Å². The van der Waals surface area contributed by atoms with Gasteiger partial charge in [0, 0.05) is 31.5 Å². The highest BCUT2D eigenvalue weighted by Crippen LogP contribution is 2.19. The highest BCUT2D eigenvalue weighted by Gasteiger charge is 2.13. The highest BCUT2D eigenvalue weighted by atomic mass is 15.2. The van der Waals surface area contributed by atoms with E-state index >= 15 is 0 Å². The van der Waals surface area contributed by atoms with Crippen molar-refractivity contribution in [2.45, 2.75) is 58.5 Å². The second-order valence-corrected chi connectivity index (χ2v) is 6.03. The SMILES string of the molecule is CCCNC(CCC)c1ccn(CCN2CCCC2)c1. The second-order valence-electron chi connectivity index (χ2n) is 6.03. The number of likely N-dealkylation sites (tertiary alicyclic amines) is 1. The van der Waals surface area contributed by atoms with Crippen LogP contribution in [0, 0.1) is 0 Å². The normalized spacial score (nSPS) is 17.7. The first-order chi connectivity index (χ1) is 9.83. The Labute approximate surface area is 124 Å². The molecule has 2 rings (SSSR count). The van der Waals surface area contributed by atoms with E-state index in [-0.39, 0.29) is 0 Å². The maximum atomic E-state index is 3.67. The molecular formula is C17H31N3. The highest BCUT2D eigenvalue weighted by molar-refractivity contribution is 5.15. The lowest BCUT2D eigenvalue weighted by Crippen LogP contribution is -2.24. The number of hydrogen-bond acceptors (Lipinski definition) is 2. The Hall–Kier alpha value is -0.800. The molecule has 0 amide bonds. The monoisotopic (exact) mass is 277 g/mol. The third kappa shape index (κ3) is 4.64. The molecule has 3 heteroatoms. The summed E-state index contributed by atoms with van der Waals surface area (Å²) in [5.41, 5.74) is 1.46. The van der Waals surface area contributed by atoms with Crippen LogP contribution in [0.15, 0.2) is 18.5 Å². The molecular weight excluding hydrogens is 246 g/mol. The number of hydrogen-bond donors (Lipinski definition) is 1. The van der Waals surface area contributed by atoms with E-state index < -0.39 is 0 Å². The Morgan fingerprint density at radius 2 is 1.95 bits per heavy atom. The van der Waals surface area contributed by atoms with Crippen LogP contribution in [-0.2, 0) is 6.54 Å². The minimum absolute atomic E-state index is 0.535. The molecule has 0 aromatic carbocycles. The molecule has 0 aliphatic carbocycles. The van der Waals surface area contributed by atoms with Crippen LogP contribution in [0.3, 0.4) is 0 Å². The van der Waals surface area contributed by atoms with Crippen LogP contribution in [0.2, 0.25) is 0 Å². The zero-order valence-corrected chi connectivity index (χ0v) is 13.3. The average molecular weight is 277 g/mol. The third-order valence-corrected chi connectivity index (χ3v) is 4.27. The van der Waals surface area contributed by atoms with Crippen molar-refractivity contribution in [3.05, 3.63) is 24.0 Å². The minimum atomic E-state index is 0.535. The van der Waals surface area contributed by atoms with Gasteiger partial charge in [0.1, 0.15) is 0 Å². The van der Waals surface area contributed by atoms with E-state index in [4.69, 9.17) is 0 Å². The van der Waals surface area contributed by atoms with Crippen LogP contribution >= 0.6 is 0 Å². The summed E-state index contributed by atoms with van der Waals surface area (Å²) in [4.78, 5) is 2.58. The van der Waals surface area contributed by atoms with Gasteiger partial charge in [-0.05, 0) is 56.9 Å². The quantitative estimate of drug-likeness (QED) is 0.746. The first-order valence-corrected chi connectivity index (χ1v) is 8.45. The molecule has 0 spiro atoms. The van der Waals surface area contributed by atoms with Crippen molar-refractivity contribution in [3.63, 3.8) is 0 Å². The fraction of sp³-hybridized carbons (Fsp3) is 0.765. The van der Waals surface area contributed by atoms with Gasteiger partial charge >= 0.3 is 0 Å². The minimum Gasteiger partial charge on any atom is -0.353 e. The molecule has 114 valence electrons. The molecule has 20 heavy (non-hydrogen) atoms. The van der Waals surface area contributed by atoms with E-state index in [1.807, 2.05) is 0 Å². The van der Waals surface area contributed by atoms with Gasteiger partial charge in [0.15, 0.2) is 0 Å². The van der Waals surface area contributed by atoms with Gasteiger partial charge in [0.25, 0.3) is 0 Å². The standard InChI is InChI=1S/C17H31N3/c1-3-7-17(18-9-4-2)16-8-12-20(15-16)14-13-19-10-5-6-11-19/h8,12,15,17-18H,3-7,9-11,13-14H2,1-2H3. The van der Waals surface area contributed by atoms with Gasteiger partial charge in [0.2, 0.25) is 0 Å². The molecule has 0 saturated carbocycles. The van der Waals surface area contributed by atoms with E-state index in [0.29, 0.717) is 6.04 Å². The van der Waals surface area contributed by atoms with Gasteiger partial charge in [-0.15, -0.1) is 0 Å². The maximum absolute atomic E-state index is 3.67. The lowest BCUT2D eigenvalue weighted by molar-refractivity contribution is 0.322. The van der Waals surface area contributed by atoms with Crippen LogP contribution < -0.4 is 5.32 Å². The van der Waals surface area contributed by atoms with Crippen LogP contribution in [0.1, 0.15) is 57.6 Å². The molecule has 1 aliphatic heterocycles. The Morgan fingerprint density at radius 3 is 2.65 bits per heavy atom. The first kappa shape index (κ1) is 15.6. The predicted molar refractivity (Wildman–Crippen MR) is 86.0 cm³/mol. The molecule has 3 nitrogen and oxygen atoms in total. The zero-order valence-electron chi connectivity index (χ0n) is 13.3. The van der Waals surface area contributed by atoms with Crippen molar-refractivity contribution in [2.75, 3.05) is 26.2 Å². The van der Waals surface area contributed by atoms with Gasteiger partial charge in [-0.1, -0.05) is 20.3 Å². The van der Waals surface area contributed by atoms with Gasteiger partial charge in [-0.3, -0.25) is 0 Å². The summed E-state index contributed by atoms with van der Waals surface area (Å²) in [6.07, 6.45) is 11.0. The fourth-order valence-corrected chi connectivity index (χ4v) is 3.06. The molecule has 1 aromatic rings. The third-order valence-electron chi connectivity index (χ3n) is 4.27. The lowest BCUT2D eigenvalue weighted by Gasteiger charge is -2.17. The molecule has 1 aliphatic rings. The Kier molecular flexibility index (Phi) is 6.61. The van der Waals surface area contributed by atoms with Crippen molar-refractivity contribution in [1.29, 1.82) is 0 Å². The second kappa shape index (κ2) is 8.48. The first-order valence-electron chi connectivity index (χ1n) is 8.45. The summed E-state index contributed by atoms with van der Waals surface area (Å²) in [5, 5.41) is 3.67. The van der Waals surface area contributed by atoms with Gasteiger partial charge < -0.3 is 14.8 Å². The van der Waals surface area contributed by atoms with Crippen molar-refractivity contribution in [3.8, 4) is 0 Å². The number of rotatable bonds is 9. The van der Waals surface area contributed by atoms with Gasteiger partial charge in [-0.2, -0.15) is 0 Å². The molecule has 0 bridgehead atoms. The van der Waals surface area contributed by atoms with E-state index in [1.54, 1.807) is 0 Å².